The number of fused-ring (bicyclic) bond motifs is 2. The summed E-state index contributed by atoms with van der Waals surface area (Å²) in [4.78, 5) is 15.0. The highest BCUT2D eigenvalue weighted by Gasteiger charge is 2.16. The first kappa shape index (κ1) is 14.6. The Morgan fingerprint density at radius 1 is 1.00 bits per heavy atom. The molecular formula is C20H17NO3. The molecule has 0 bridgehead atoms. The summed E-state index contributed by atoms with van der Waals surface area (Å²) in [7, 11) is 0. The highest BCUT2D eigenvalue weighted by molar-refractivity contribution is 5.95. The summed E-state index contributed by atoms with van der Waals surface area (Å²) in [5.74, 6) is 0.125. The summed E-state index contributed by atoms with van der Waals surface area (Å²) in [6, 6.07) is 11.5. The molecule has 4 rings (SSSR count). The van der Waals surface area contributed by atoms with Gasteiger partial charge in [-0.25, -0.2) is 4.79 Å². The topological polar surface area (TPSA) is 66.2 Å². The fourth-order valence-electron chi connectivity index (χ4n) is 3.26. The lowest BCUT2D eigenvalue weighted by molar-refractivity contribution is 0.470. The number of hydrogen-bond acceptors (Lipinski definition) is 3. The fourth-order valence-corrected chi connectivity index (χ4v) is 3.26. The van der Waals surface area contributed by atoms with Crippen molar-refractivity contribution in [2.75, 3.05) is 0 Å². The van der Waals surface area contributed by atoms with Crippen LogP contribution in [0.2, 0.25) is 0 Å². The van der Waals surface area contributed by atoms with E-state index in [4.69, 9.17) is 4.42 Å². The van der Waals surface area contributed by atoms with E-state index in [2.05, 4.69) is 18.0 Å². The average molecular weight is 319 g/mol. The molecule has 4 heteroatoms. The minimum atomic E-state index is -0.406. The summed E-state index contributed by atoms with van der Waals surface area (Å²) in [5.41, 5.74) is 5.18. The maximum atomic E-state index is 11.6. The van der Waals surface area contributed by atoms with E-state index in [1.807, 2.05) is 31.2 Å². The Morgan fingerprint density at radius 2 is 1.79 bits per heavy atom. The standard InChI is InChI=1S/C20H17NO3/c1-10-5-4-6-16-13(10)9-17(21-16)15-8-14-11(2)7-18(22)24-20(14)12(3)19(15)23/h4-9,21,23H,1-3H3. The number of H-pyrrole nitrogens is 1. The first-order valence-electron chi connectivity index (χ1n) is 7.81. The second kappa shape index (κ2) is 4.99. The molecule has 2 N–H and O–H groups in total. The summed E-state index contributed by atoms with van der Waals surface area (Å²) in [5, 5.41) is 12.6. The molecule has 0 atom stereocenters. The molecule has 0 aliphatic carbocycles. The van der Waals surface area contributed by atoms with Crippen molar-refractivity contribution >= 4 is 21.9 Å². The third-order valence-electron chi connectivity index (χ3n) is 4.62. The van der Waals surface area contributed by atoms with Gasteiger partial charge in [0.1, 0.15) is 11.3 Å². The average Bonchev–Trinajstić information content (AvgIpc) is 2.96. The lowest BCUT2D eigenvalue weighted by Gasteiger charge is -2.10. The number of phenolic OH excluding ortho intramolecular Hbond substituents is 1. The van der Waals surface area contributed by atoms with Gasteiger partial charge in [0.25, 0.3) is 0 Å². The molecule has 4 aromatic rings. The van der Waals surface area contributed by atoms with Crippen molar-refractivity contribution in [2.45, 2.75) is 20.8 Å². The van der Waals surface area contributed by atoms with Gasteiger partial charge in [0, 0.05) is 33.5 Å². The van der Waals surface area contributed by atoms with Gasteiger partial charge in [-0.15, -0.1) is 0 Å². The Balaban J connectivity index is 2.07. The van der Waals surface area contributed by atoms with Crippen LogP contribution < -0.4 is 5.63 Å². The van der Waals surface area contributed by atoms with Gasteiger partial charge >= 0.3 is 5.63 Å². The molecule has 2 aromatic carbocycles. The van der Waals surface area contributed by atoms with Gasteiger partial charge in [-0.3, -0.25) is 0 Å². The lowest BCUT2D eigenvalue weighted by Crippen LogP contribution is -1.99. The highest BCUT2D eigenvalue weighted by atomic mass is 16.4. The summed E-state index contributed by atoms with van der Waals surface area (Å²) >= 11 is 0. The number of aromatic amines is 1. The van der Waals surface area contributed by atoms with Crippen LogP contribution in [0.5, 0.6) is 5.75 Å². The van der Waals surface area contributed by atoms with E-state index in [-0.39, 0.29) is 5.75 Å². The van der Waals surface area contributed by atoms with Crippen LogP contribution in [0.4, 0.5) is 0 Å². The van der Waals surface area contributed by atoms with Crippen LogP contribution in [-0.2, 0) is 0 Å². The minimum absolute atomic E-state index is 0.125. The van der Waals surface area contributed by atoms with E-state index < -0.39 is 5.63 Å². The number of aromatic nitrogens is 1. The lowest BCUT2D eigenvalue weighted by atomic mass is 10.00. The number of aromatic hydroxyl groups is 1. The third-order valence-corrected chi connectivity index (χ3v) is 4.62. The third kappa shape index (κ3) is 2.03. The summed E-state index contributed by atoms with van der Waals surface area (Å²) in [6.07, 6.45) is 0. The molecule has 2 heterocycles. The van der Waals surface area contributed by atoms with Crippen molar-refractivity contribution in [1.82, 2.24) is 4.98 Å². The smallest absolute Gasteiger partial charge is 0.336 e. The van der Waals surface area contributed by atoms with Crippen molar-refractivity contribution in [1.29, 1.82) is 0 Å². The van der Waals surface area contributed by atoms with E-state index in [0.717, 1.165) is 27.5 Å². The molecule has 0 aliphatic heterocycles. The maximum Gasteiger partial charge on any atom is 0.336 e. The summed E-state index contributed by atoms with van der Waals surface area (Å²) in [6.45, 7) is 5.69. The molecule has 4 nitrogen and oxygen atoms in total. The van der Waals surface area contributed by atoms with Crippen molar-refractivity contribution in [3.8, 4) is 17.0 Å². The Hall–Kier alpha value is -3.01. The molecule has 0 saturated heterocycles. The molecule has 0 fully saturated rings. The van der Waals surface area contributed by atoms with E-state index >= 15 is 0 Å². The molecule has 0 unspecified atom stereocenters. The van der Waals surface area contributed by atoms with Crippen LogP contribution >= 0.6 is 0 Å². The minimum Gasteiger partial charge on any atom is -0.507 e. The van der Waals surface area contributed by atoms with Gasteiger partial charge in [-0.2, -0.15) is 0 Å². The first-order valence-corrected chi connectivity index (χ1v) is 7.81. The molecule has 0 radical (unpaired) electrons. The van der Waals surface area contributed by atoms with Gasteiger partial charge < -0.3 is 14.5 Å². The van der Waals surface area contributed by atoms with Crippen molar-refractivity contribution in [2.24, 2.45) is 0 Å². The van der Waals surface area contributed by atoms with E-state index in [1.165, 1.54) is 11.6 Å². The zero-order valence-electron chi connectivity index (χ0n) is 13.7. The van der Waals surface area contributed by atoms with Gasteiger partial charge in [0.15, 0.2) is 0 Å². The first-order chi connectivity index (χ1) is 11.5. The predicted octanol–water partition coefficient (Wildman–Crippen LogP) is 4.57. The fraction of sp³-hybridized carbons (Fsp3) is 0.150. The molecule has 0 spiro atoms. The molecule has 0 aliphatic rings. The molecule has 2 aromatic heterocycles. The molecule has 24 heavy (non-hydrogen) atoms. The zero-order chi connectivity index (χ0) is 17.0. The van der Waals surface area contributed by atoms with Gasteiger partial charge in [0.05, 0.1) is 5.69 Å². The molecular weight excluding hydrogens is 302 g/mol. The van der Waals surface area contributed by atoms with Crippen molar-refractivity contribution in [3.63, 3.8) is 0 Å². The Morgan fingerprint density at radius 3 is 2.54 bits per heavy atom. The number of benzene rings is 2. The van der Waals surface area contributed by atoms with Crippen LogP contribution in [0.3, 0.4) is 0 Å². The van der Waals surface area contributed by atoms with Crippen LogP contribution in [0, 0.1) is 20.8 Å². The van der Waals surface area contributed by atoms with E-state index in [0.29, 0.717) is 16.7 Å². The summed E-state index contributed by atoms with van der Waals surface area (Å²) < 4.78 is 5.30. The number of rotatable bonds is 1. The normalized spacial score (nSPS) is 11.5. The molecule has 0 amide bonds. The zero-order valence-corrected chi connectivity index (χ0v) is 13.7. The second-order valence-electron chi connectivity index (χ2n) is 6.24. The van der Waals surface area contributed by atoms with Gasteiger partial charge in [0.2, 0.25) is 0 Å². The van der Waals surface area contributed by atoms with E-state index in [9.17, 15) is 9.90 Å². The van der Waals surface area contributed by atoms with E-state index in [1.54, 1.807) is 6.92 Å². The highest BCUT2D eigenvalue weighted by Crippen LogP contribution is 2.38. The molecule has 120 valence electrons. The van der Waals surface area contributed by atoms with Crippen molar-refractivity contribution in [3.05, 3.63) is 63.5 Å². The predicted molar refractivity (Wildman–Crippen MR) is 95.7 cm³/mol. The van der Waals surface area contributed by atoms with Crippen LogP contribution in [-0.4, -0.2) is 10.1 Å². The number of phenols is 1. The SMILES string of the molecule is Cc1cccc2[nH]c(-c3cc4c(C)cc(=O)oc4c(C)c3O)cc12. The van der Waals surface area contributed by atoms with Crippen LogP contribution in [0.15, 0.2) is 45.6 Å². The van der Waals surface area contributed by atoms with Crippen LogP contribution in [0.25, 0.3) is 33.1 Å². The quantitative estimate of drug-likeness (QED) is 0.505. The second-order valence-corrected chi connectivity index (χ2v) is 6.24. The number of nitrogens with one attached hydrogen (secondary N) is 1. The number of hydrogen-bond donors (Lipinski definition) is 2. The monoisotopic (exact) mass is 319 g/mol. The Kier molecular flexibility index (Phi) is 3.03. The molecule has 0 saturated carbocycles. The van der Waals surface area contributed by atoms with Crippen LogP contribution in [0.1, 0.15) is 16.7 Å². The van der Waals surface area contributed by atoms with Gasteiger partial charge in [-0.05, 0) is 50.1 Å². The number of aryl methyl sites for hydroxylation is 3. The maximum absolute atomic E-state index is 11.6. The Bertz CT molecular complexity index is 1170. The van der Waals surface area contributed by atoms with Crippen molar-refractivity contribution < 1.29 is 9.52 Å². The van der Waals surface area contributed by atoms with Gasteiger partial charge in [-0.1, -0.05) is 12.1 Å². The Labute approximate surface area is 138 Å². The largest absolute Gasteiger partial charge is 0.507 e.